The minimum Gasteiger partial charge on any atom is -0.457 e. The highest BCUT2D eigenvalue weighted by Crippen LogP contribution is 2.36. The molecular weight excluding hydrogens is 402 g/mol. The van der Waals surface area contributed by atoms with Crippen LogP contribution in [0.3, 0.4) is 0 Å². The zero-order valence-corrected chi connectivity index (χ0v) is 17.9. The fraction of sp³-hybridized carbons (Fsp3) is 0.185. The molecule has 0 radical (unpaired) electrons. The van der Waals surface area contributed by atoms with Gasteiger partial charge in [-0.05, 0) is 48.7 Å². The first-order chi connectivity index (χ1) is 15.6. The Morgan fingerprint density at radius 1 is 1.00 bits per heavy atom. The lowest BCUT2D eigenvalue weighted by atomic mass is 9.93. The minimum absolute atomic E-state index is 0.294. The van der Waals surface area contributed by atoms with E-state index in [0.717, 1.165) is 16.9 Å². The zero-order valence-electron chi connectivity index (χ0n) is 17.9. The summed E-state index contributed by atoms with van der Waals surface area (Å²) in [5.74, 6) is 0.572. The van der Waals surface area contributed by atoms with E-state index in [0.29, 0.717) is 12.2 Å². The summed E-state index contributed by atoms with van der Waals surface area (Å²) in [5.41, 5.74) is 1.66. The molecular formula is C27H25NO4. The highest BCUT2D eigenvalue weighted by atomic mass is 16.6. The van der Waals surface area contributed by atoms with Crippen molar-refractivity contribution < 1.29 is 19.1 Å². The fourth-order valence-electron chi connectivity index (χ4n) is 3.95. The molecule has 0 saturated carbocycles. The van der Waals surface area contributed by atoms with E-state index in [-0.39, 0.29) is 5.91 Å². The summed E-state index contributed by atoms with van der Waals surface area (Å²) in [4.78, 5) is 27.3. The van der Waals surface area contributed by atoms with Gasteiger partial charge in [0, 0.05) is 0 Å². The van der Waals surface area contributed by atoms with Gasteiger partial charge in [0.1, 0.15) is 17.6 Å². The first kappa shape index (κ1) is 21.4. The summed E-state index contributed by atoms with van der Waals surface area (Å²) in [7, 11) is 0. The standard InChI is InChI=1S/C27H25NO4/c1-3-10-24(20-15-17-23(18-16-20)31-22-13-8-5-9-14-22)26(29)28-19(2)25(32-27(28)30)21-11-6-4-7-12-21/h3-9,11-19,24-25H,1,10H2,2H3. The Balaban J connectivity index is 1.53. The van der Waals surface area contributed by atoms with Crippen LogP contribution >= 0.6 is 0 Å². The molecule has 0 aliphatic carbocycles. The van der Waals surface area contributed by atoms with E-state index in [4.69, 9.17) is 9.47 Å². The van der Waals surface area contributed by atoms with E-state index in [1.165, 1.54) is 4.90 Å². The van der Waals surface area contributed by atoms with Crippen LogP contribution in [0.4, 0.5) is 4.79 Å². The van der Waals surface area contributed by atoms with E-state index in [9.17, 15) is 9.59 Å². The van der Waals surface area contributed by atoms with Gasteiger partial charge in [0.25, 0.3) is 0 Å². The molecule has 0 bridgehead atoms. The summed E-state index contributed by atoms with van der Waals surface area (Å²) < 4.78 is 11.4. The SMILES string of the molecule is C=CCC(C(=O)N1C(=O)OC(c2ccccc2)C1C)c1ccc(Oc2ccccc2)cc1. The second-order valence-electron chi connectivity index (χ2n) is 7.72. The largest absolute Gasteiger partial charge is 0.457 e. The minimum atomic E-state index is -0.616. The maximum absolute atomic E-state index is 13.5. The van der Waals surface area contributed by atoms with Crippen LogP contribution in [-0.4, -0.2) is 22.9 Å². The molecule has 4 rings (SSSR count). The molecule has 1 aliphatic heterocycles. The van der Waals surface area contributed by atoms with Crippen LogP contribution in [0, 0.1) is 0 Å². The number of allylic oxidation sites excluding steroid dienone is 1. The second-order valence-corrected chi connectivity index (χ2v) is 7.72. The predicted molar refractivity (Wildman–Crippen MR) is 122 cm³/mol. The van der Waals surface area contributed by atoms with E-state index in [1.54, 1.807) is 6.08 Å². The Kier molecular flexibility index (Phi) is 6.36. The number of rotatable bonds is 7. The maximum Gasteiger partial charge on any atom is 0.417 e. The lowest BCUT2D eigenvalue weighted by molar-refractivity contribution is -0.130. The van der Waals surface area contributed by atoms with Gasteiger partial charge in [-0.25, -0.2) is 9.69 Å². The number of carbonyl (C=O) groups excluding carboxylic acids is 2. The third kappa shape index (κ3) is 4.42. The highest BCUT2D eigenvalue weighted by molar-refractivity contribution is 5.97. The van der Waals surface area contributed by atoms with Crippen molar-refractivity contribution in [2.75, 3.05) is 0 Å². The van der Waals surface area contributed by atoms with Crippen LogP contribution in [0.15, 0.2) is 97.6 Å². The molecule has 162 valence electrons. The third-order valence-corrected chi connectivity index (χ3v) is 5.60. The van der Waals surface area contributed by atoms with Gasteiger partial charge in [-0.15, -0.1) is 6.58 Å². The average Bonchev–Trinajstić information content (AvgIpc) is 3.13. The summed E-state index contributed by atoms with van der Waals surface area (Å²) in [6.45, 7) is 5.63. The summed E-state index contributed by atoms with van der Waals surface area (Å²) >= 11 is 0. The number of hydrogen-bond donors (Lipinski definition) is 0. The van der Waals surface area contributed by atoms with Crippen molar-refractivity contribution in [3.63, 3.8) is 0 Å². The second kappa shape index (κ2) is 9.52. The molecule has 1 saturated heterocycles. The number of nitrogens with zero attached hydrogens (tertiary/aromatic N) is 1. The smallest absolute Gasteiger partial charge is 0.417 e. The van der Waals surface area contributed by atoms with Crippen molar-refractivity contribution >= 4 is 12.0 Å². The lowest BCUT2D eigenvalue weighted by Crippen LogP contribution is -2.40. The van der Waals surface area contributed by atoms with Crippen molar-refractivity contribution in [2.45, 2.75) is 31.4 Å². The van der Waals surface area contributed by atoms with Crippen LogP contribution in [0.25, 0.3) is 0 Å². The van der Waals surface area contributed by atoms with Crippen LogP contribution in [-0.2, 0) is 9.53 Å². The van der Waals surface area contributed by atoms with Crippen LogP contribution in [0.5, 0.6) is 11.5 Å². The molecule has 3 aromatic carbocycles. The molecule has 0 aromatic heterocycles. The van der Waals surface area contributed by atoms with Crippen LogP contribution in [0.2, 0.25) is 0 Å². The maximum atomic E-state index is 13.5. The number of ether oxygens (including phenoxy) is 2. The van der Waals surface area contributed by atoms with Gasteiger partial charge in [0.2, 0.25) is 5.91 Å². The number of cyclic esters (lactones) is 1. The van der Waals surface area contributed by atoms with Gasteiger partial charge in [-0.3, -0.25) is 4.79 Å². The predicted octanol–water partition coefficient (Wildman–Crippen LogP) is 6.25. The summed E-state index contributed by atoms with van der Waals surface area (Å²) in [6, 6.07) is 25.9. The van der Waals surface area contributed by atoms with Gasteiger partial charge in [0.15, 0.2) is 0 Å². The van der Waals surface area contributed by atoms with E-state index in [1.807, 2.05) is 91.9 Å². The number of hydrogen-bond acceptors (Lipinski definition) is 4. The molecule has 3 unspecified atom stereocenters. The topological polar surface area (TPSA) is 55.8 Å². The first-order valence-electron chi connectivity index (χ1n) is 10.6. The Morgan fingerprint density at radius 2 is 1.59 bits per heavy atom. The Labute approximate surface area is 187 Å². The molecule has 5 nitrogen and oxygen atoms in total. The molecule has 1 aliphatic rings. The first-order valence-corrected chi connectivity index (χ1v) is 10.6. The number of para-hydroxylation sites is 1. The third-order valence-electron chi connectivity index (χ3n) is 5.60. The molecule has 0 spiro atoms. The van der Waals surface area contributed by atoms with Crippen molar-refractivity contribution in [2.24, 2.45) is 0 Å². The number of benzene rings is 3. The van der Waals surface area contributed by atoms with Gasteiger partial charge in [-0.2, -0.15) is 0 Å². The summed E-state index contributed by atoms with van der Waals surface area (Å²) in [5, 5.41) is 0. The van der Waals surface area contributed by atoms with Gasteiger partial charge >= 0.3 is 6.09 Å². The molecule has 1 heterocycles. The van der Waals surface area contributed by atoms with Crippen molar-refractivity contribution in [1.29, 1.82) is 0 Å². The van der Waals surface area contributed by atoms with Crippen LogP contribution in [0.1, 0.15) is 36.5 Å². The van der Waals surface area contributed by atoms with Gasteiger partial charge in [0.05, 0.1) is 12.0 Å². The van der Waals surface area contributed by atoms with Gasteiger partial charge in [-0.1, -0.05) is 66.7 Å². The molecule has 0 N–H and O–H groups in total. The monoisotopic (exact) mass is 427 g/mol. The normalized spacial score (nSPS) is 18.7. The Hall–Kier alpha value is -3.86. The lowest BCUT2D eigenvalue weighted by Gasteiger charge is -2.24. The Bertz CT molecular complexity index is 1080. The molecule has 5 heteroatoms. The van der Waals surface area contributed by atoms with Crippen LogP contribution < -0.4 is 4.74 Å². The molecule has 3 aromatic rings. The van der Waals surface area contributed by atoms with Crippen molar-refractivity contribution in [3.8, 4) is 11.5 Å². The van der Waals surface area contributed by atoms with E-state index >= 15 is 0 Å². The van der Waals surface area contributed by atoms with Gasteiger partial charge < -0.3 is 9.47 Å². The Morgan fingerprint density at radius 3 is 2.22 bits per heavy atom. The summed E-state index contributed by atoms with van der Waals surface area (Å²) in [6.07, 6.45) is 0.996. The molecule has 1 fully saturated rings. The van der Waals surface area contributed by atoms with E-state index < -0.39 is 24.2 Å². The molecule has 32 heavy (non-hydrogen) atoms. The quantitative estimate of drug-likeness (QED) is 0.418. The molecule has 2 amide bonds. The zero-order chi connectivity index (χ0) is 22.5. The fourth-order valence-corrected chi connectivity index (χ4v) is 3.95. The number of imide groups is 1. The van der Waals surface area contributed by atoms with Crippen molar-refractivity contribution in [1.82, 2.24) is 4.90 Å². The highest BCUT2D eigenvalue weighted by Gasteiger charge is 2.45. The average molecular weight is 428 g/mol. The molecule has 3 atom stereocenters. The number of amides is 2. The van der Waals surface area contributed by atoms with Crippen molar-refractivity contribution in [3.05, 3.63) is 109 Å². The number of carbonyl (C=O) groups is 2. The van der Waals surface area contributed by atoms with E-state index in [2.05, 4.69) is 6.58 Å².